The van der Waals surface area contributed by atoms with E-state index in [1.165, 1.54) is 18.6 Å². The quantitative estimate of drug-likeness (QED) is 0.637. The summed E-state index contributed by atoms with van der Waals surface area (Å²) in [7, 11) is 0. The SMILES string of the molecule is CC1(C)[C@@H]2CCC(=NNc3ccc([N+](=O)[O-])cc3[N+](=O)[O-])[C@]1(C)CC2. The summed E-state index contributed by atoms with van der Waals surface area (Å²) in [6.45, 7) is 6.76. The summed E-state index contributed by atoms with van der Waals surface area (Å²) in [6.07, 6.45) is 4.19. The summed E-state index contributed by atoms with van der Waals surface area (Å²) in [5.41, 5.74) is 3.46. The Morgan fingerprint density at radius 3 is 2.52 bits per heavy atom. The molecule has 2 saturated carbocycles. The number of fused-ring (bicyclic) bond motifs is 2. The van der Waals surface area contributed by atoms with Crippen LogP contribution in [0.1, 0.15) is 46.5 Å². The molecule has 0 aromatic heterocycles. The van der Waals surface area contributed by atoms with Gasteiger partial charge in [-0.15, -0.1) is 0 Å². The van der Waals surface area contributed by atoms with Gasteiger partial charge in [0.25, 0.3) is 5.69 Å². The third kappa shape index (κ3) is 2.65. The third-order valence-electron chi connectivity index (χ3n) is 6.50. The number of anilines is 1. The van der Waals surface area contributed by atoms with Crippen molar-refractivity contribution in [2.45, 2.75) is 46.5 Å². The first-order valence-electron chi connectivity index (χ1n) is 8.43. The minimum Gasteiger partial charge on any atom is -0.272 e. The summed E-state index contributed by atoms with van der Waals surface area (Å²) in [4.78, 5) is 20.8. The average molecular weight is 346 g/mol. The Hall–Kier alpha value is -2.51. The van der Waals surface area contributed by atoms with Gasteiger partial charge in [-0.3, -0.25) is 25.7 Å². The predicted octanol–water partition coefficient (Wildman–Crippen LogP) is 4.51. The van der Waals surface area contributed by atoms with E-state index in [0.29, 0.717) is 5.92 Å². The number of hydrogen-bond donors (Lipinski definition) is 1. The third-order valence-corrected chi connectivity index (χ3v) is 6.50. The van der Waals surface area contributed by atoms with E-state index in [-0.39, 0.29) is 27.9 Å². The van der Waals surface area contributed by atoms with E-state index in [1.54, 1.807) is 0 Å². The maximum Gasteiger partial charge on any atom is 0.301 e. The number of benzene rings is 1. The van der Waals surface area contributed by atoms with Gasteiger partial charge in [-0.25, -0.2) is 0 Å². The molecule has 2 aliphatic rings. The highest BCUT2D eigenvalue weighted by molar-refractivity contribution is 5.92. The van der Waals surface area contributed by atoms with Crippen LogP contribution in [0.4, 0.5) is 17.1 Å². The fraction of sp³-hybridized carbons (Fsp3) is 0.588. The molecule has 2 aliphatic carbocycles. The van der Waals surface area contributed by atoms with E-state index in [4.69, 9.17) is 0 Å². The van der Waals surface area contributed by atoms with Crippen LogP contribution in [-0.4, -0.2) is 15.6 Å². The van der Waals surface area contributed by atoms with E-state index in [0.717, 1.165) is 31.0 Å². The first-order valence-corrected chi connectivity index (χ1v) is 8.43. The molecule has 2 atom stereocenters. The van der Waals surface area contributed by atoms with Crippen LogP contribution in [0.15, 0.2) is 23.3 Å². The molecule has 134 valence electrons. The normalized spacial score (nSPS) is 28.8. The van der Waals surface area contributed by atoms with Gasteiger partial charge in [-0.2, -0.15) is 5.10 Å². The number of nitro benzene ring substituents is 2. The number of hydrazone groups is 1. The van der Waals surface area contributed by atoms with Gasteiger partial charge in [0.05, 0.1) is 15.9 Å². The van der Waals surface area contributed by atoms with Crippen LogP contribution in [0.2, 0.25) is 0 Å². The molecule has 1 N–H and O–H groups in total. The molecule has 0 heterocycles. The minimum absolute atomic E-state index is 0.0293. The van der Waals surface area contributed by atoms with Crippen molar-refractivity contribution in [2.24, 2.45) is 21.8 Å². The molecule has 8 heteroatoms. The second-order valence-corrected chi connectivity index (χ2v) is 7.71. The number of nitrogens with one attached hydrogen (secondary N) is 1. The van der Waals surface area contributed by atoms with Crippen molar-refractivity contribution in [3.63, 3.8) is 0 Å². The lowest BCUT2D eigenvalue weighted by Gasteiger charge is -2.46. The molecule has 2 bridgehead atoms. The Labute approximate surface area is 145 Å². The summed E-state index contributed by atoms with van der Waals surface area (Å²) in [5.74, 6) is 0.685. The van der Waals surface area contributed by atoms with Gasteiger partial charge in [0.15, 0.2) is 0 Å². The van der Waals surface area contributed by atoms with E-state index in [1.807, 2.05) is 0 Å². The number of hydrogen-bond acceptors (Lipinski definition) is 6. The fourth-order valence-electron chi connectivity index (χ4n) is 4.39. The average Bonchev–Trinajstić information content (AvgIpc) is 2.69. The van der Waals surface area contributed by atoms with Crippen molar-refractivity contribution < 1.29 is 9.85 Å². The van der Waals surface area contributed by atoms with Gasteiger partial charge in [0.1, 0.15) is 5.69 Å². The number of nitrogens with zero attached hydrogens (tertiary/aromatic N) is 3. The zero-order valence-corrected chi connectivity index (χ0v) is 14.6. The molecule has 0 amide bonds. The molecule has 25 heavy (non-hydrogen) atoms. The van der Waals surface area contributed by atoms with E-state index >= 15 is 0 Å². The summed E-state index contributed by atoms with van der Waals surface area (Å²) < 4.78 is 0. The van der Waals surface area contributed by atoms with Crippen molar-refractivity contribution in [1.29, 1.82) is 0 Å². The Balaban J connectivity index is 1.92. The van der Waals surface area contributed by atoms with E-state index < -0.39 is 9.85 Å². The van der Waals surface area contributed by atoms with Crippen LogP contribution in [0.5, 0.6) is 0 Å². The second-order valence-electron chi connectivity index (χ2n) is 7.71. The smallest absolute Gasteiger partial charge is 0.272 e. The molecule has 0 spiro atoms. The highest BCUT2D eigenvalue weighted by Crippen LogP contribution is 2.61. The lowest BCUT2D eigenvalue weighted by molar-refractivity contribution is -0.393. The first-order chi connectivity index (χ1) is 11.7. The van der Waals surface area contributed by atoms with Crippen LogP contribution in [-0.2, 0) is 0 Å². The van der Waals surface area contributed by atoms with Crippen molar-refractivity contribution in [3.05, 3.63) is 38.4 Å². The van der Waals surface area contributed by atoms with Crippen molar-refractivity contribution in [2.75, 3.05) is 5.43 Å². The molecule has 3 rings (SSSR count). The van der Waals surface area contributed by atoms with E-state index in [9.17, 15) is 20.2 Å². The maximum atomic E-state index is 11.2. The van der Waals surface area contributed by atoms with Gasteiger partial charge in [0.2, 0.25) is 0 Å². The Kier molecular flexibility index (Phi) is 4.01. The van der Waals surface area contributed by atoms with Crippen LogP contribution >= 0.6 is 0 Å². The molecular formula is C17H22N4O4. The molecular weight excluding hydrogens is 324 g/mol. The van der Waals surface area contributed by atoms with Crippen molar-refractivity contribution >= 4 is 22.8 Å². The Morgan fingerprint density at radius 2 is 1.88 bits per heavy atom. The largest absolute Gasteiger partial charge is 0.301 e. The number of rotatable bonds is 4. The lowest BCUT2D eigenvalue weighted by atomic mass is 9.58. The molecule has 0 saturated heterocycles. The fourth-order valence-corrected chi connectivity index (χ4v) is 4.39. The van der Waals surface area contributed by atoms with E-state index in [2.05, 4.69) is 31.3 Å². The lowest BCUT2D eigenvalue weighted by Crippen LogP contribution is -2.44. The number of nitro groups is 2. The van der Waals surface area contributed by atoms with Gasteiger partial charge < -0.3 is 0 Å². The zero-order chi connectivity index (χ0) is 18.4. The minimum atomic E-state index is -0.647. The molecule has 1 aromatic rings. The maximum absolute atomic E-state index is 11.2. The molecule has 2 fully saturated rings. The first kappa shape index (κ1) is 17.3. The predicted molar refractivity (Wildman–Crippen MR) is 94.7 cm³/mol. The Morgan fingerprint density at radius 1 is 1.16 bits per heavy atom. The molecule has 0 radical (unpaired) electrons. The van der Waals surface area contributed by atoms with Gasteiger partial charge in [0, 0.05) is 17.2 Å². The van der Waals surface area contributed by atoms with Crippen LogP contribution in [0, 0.1) is 37.0 Å². The number of non-ortho nitro benzene ring substituents is 1. The van der Waals surface area contributed by atoms with Crippen LogP contribution in [0.25, 0.3) is 0 Å². The topological polar surface area (TPSA) is 111 Å². The molecule has 0 unspecified atom stereocenters. The Bertz CT molecular complexity index is 774. The van der Waals surface area contributed by atoms with Crippen LogP contribution in [0.3, 0.4) is 0 Å². The standard InChI is InChI=1S/C17H22N4O4/c1-16(2)11-4-7-15(17(16,3)9-8-11)19-18-13-6-5-12(20(22)23)10-14(13)21(24)25/h5-6,10-11,18H,4,7-9H2,1-3H3/t11-,17+/m1/s1. The van der Waals surface area contributed by atoms with Gasteiger partial charge >= 0.3 is 5.69 Å². The monoisotopic (exact) mass is 346 g/mol. The second kappa shape index (κ2) is 5.79. The van der Waals surface area contributed by atoms with Crippen molar-refractivity contribution in [1.82, 2.24) is 0 Å². The summed E-state index contributed by atoms with van der Waals surface area (Å²) in [6, 6.07) is 3.54. The molecule has 8 nitrogen and oxygen atoms in total. The van der Waals surface area contributed by atoms with Gasteiger partial charge in [-0.1, -0.05) is 20.8 Å². The van der Waals surface area contributed by atoms with Gasteiger partial charge in [-0.05, 0) is 43.1 Å². The summed E-state index contributed by atoms with van der Waals surface area (Å²) in [5, 5.41) is 26.6. The zero-order valence-electron chi connectivity index (χ0n) is 14.6. The van der Waals surface area contributed by atoms with Crippen LogP contribution < -0.4 is 5.43 Å². The molecule has 1 aromatic carbocycles. The van der Waals surface area contributed by atoms with Crippen molar-refractivity contribution in [3.8, 4) is 0 Å². The highest BCUT2D eigenvalue weighted by atomic mass is 16.6. The summed E-state index contributed by atoms with van der Waals surface area (Å²) >= 11 is 0. The highest BCUT2D eigenvalue weighted by Gasteiger charge is 2.56. The molecule has 0 aliphatic heterocycles.